The molecular weight excluding hydrogens is 360 g/mol. The average molecular weight is 379 g/mol. The lowest BCUT2D eigenvalue weighted by atomic mass is 10.0. The van der Waals surface area contributed by atoms with Gasteiger partial charge in [0, 0.05) is 5.02 Å². The monoisotopic (exact) mass is 378 g/mol. The van der Waals surface area contributed by atoms with Gasteiger partial charge in [0.25, 0.3) is 0 Å². The zero-order valence-corrected chi connectivity index (χ0v) is 16.1. The zero-order chi connectivity index (χ0) is 19.0. The molecule has 136 valence electrons. The molecule has 6 heteroatoms. The summed E-state index contributed by atoms with van der Waals surface area (Å²) < 4.78 is 7.76. The minimum atomic E-state index is 0.475. The molecule has 0 fully saturated rings. The van der Waals surface area contributed by atoms with Gasteiger partial charge in [-0.3, -0.25) is 0 Å². The van der Waals surface area contributed by atoms with Crippen LogP contribution in [0.3, 0.4) is 0 Å². The smallest absolute Gasteiger partial charge is 0.233 e. The molecule has 4 aromatic rings. The van der Waals surface area contributed by atoms with Gasteiger partial charge in [-0.1, -0.05) is 43.6 Å². The van der Waals surface area contributed by atoms with Crippen molar-refractivity contribution in [2.75, 3.05) is 0 Å². The van der Waals surface area contributed by atoms with E-state index in [2.05, 4.69) is 41.0 Å². The number of aromatic nitrogens is 4. The van der Waals surface area contributed by atoms with Crippen molar-refractivity contribution < 1.29 is 4.74 Å². The van der Waals surface area contributed by atoms with Gasteiger partial charge in [-0.05, 0) is 48.2 Å². The third kappa shape index (κ3) is 3.38. The van der Waals surface area contributed by atoms with Crippen LogP contribution < -0.4 is 4.74 Å². The molecule has 27 heavy (non-hydrogen) atoms. The third-order valence-electron chi connectivity index (χ3n) is 4.49. The van der Waals surface area contributed by atoms with E-state index in [1.54, 1.807) is 10.9 Å². The van der Waals surface area contributed by atoms with Gasteiger partial charge in [0.2, 0.25) is 5.88 Å². The fourth-order valence-electron chi connectivity index (χ4n) is 2.92. The van der Waals surface area contributed by atoms with Crippen molar-refractivity contribution >= 4 is 22.6 Å². The predicted octanol–water partition coefficient (Wildman–Crippen LogP) is 5.69. The Morgan fingerprint density at radius 2 is 1.81 bits per heavy atom. The second kappa shape index (κ2) is 7.00. The van der Waals surface area contributed by atoms with Gasteiger partial charge in [-0.25, -0.2) is 14.6 Å². The molecule has 2 aromatic heterocycles. The highest BCUT2D eigenvalue weighted by molar-refractivity contribution is 6.30. The Hall–Kier alpha value is -2.92. The molecule has 0 bridgehead atoms. The molecule has 4 rings (SSSR count). The van der Waals surface area contributed by atoms with Crippen molar-refractivity contribution in [3.05, 3.63) is 71.1 Å². The zero-order valence-electron chi connectivity index (χ0n) is 15.3. The fraction of sp³-hybridized carbons (Fsp3) is 0.190. The van der Waals surface area contributed by atoms with Gasteiger partial charge < -0.3 is 4.74 Å². The largest absolute Gasteiger partial charge is 0.438 e. The minimum absolute atomic E-state index is 0.475. The lowest BCUT2D eigenvalue weighted by Gasteiger charge is -2.09. The first kappa shape index (κ1) is 17.5. The Morgan fingerprint density at radius 3 is 2.56 bits per heavy atom. The Bertz CT molecular complexity index is 1100. The van der Waals surface area contributed by atoms with E-state index in [0.717, 1.165) is 22.4 Å². The third-order valence-corrected chi connectivity index (χ3v) is 4.73. The van der Waals surface area contributed by atoms with E-state index >= 15 is 0 Å². The summed E-state index contributed by atoms with van der Waals surface area (Å²) in [5.74, 6) is 1.68. The molecule has 0 aliphatic carbocycles. The minimum Gasteiger partial charge on any atom is -0.438 e. The number of aryl methyl sites for hydroxylation is 1. The number of hydrogen-bond acceptors (Lipinski definition) is 4. The molecule has 0 aliphatic heterocycles. The Morgan fingerprint density at radius 1 is 1.04 bits per heavy atom. The molecule has 0 unspecified atom stereocenters. The van der Waals surface area contributed by atoms with Crippen LogP contribution >= 0.6 is 11.6 Å². The topological polar surface area (TPSA) is 52.8 Å². The number of benzene rings is 2. The first-order valence-corrected chi connectivity index (χ1v) is 9.14. The molecule has 0 saturated heterocycles. The molecule has 5 nitrogen and oxygen atoms in total. The summed E-state index contributed by atoms with van der Waals surface area (Å²) in [5.41, 5.74) is 3.86. The second-order valence-corrected chi connectivity index (χ2v) is 7.17. The lowest BCUT2D eigenvalue weighted by Crippen LogP contribution is -2.00. The van der Waals surface area contributed by atoms with E-state index in [1.807, 2.05) is 37.3 Å². The first-order chi connectivity index (χ1) is 13.0. The Kier molecular flexibility index (Phi) is 4.54. The number of hydrogen-bond donors (Lipinski definition) is 0. The van der Waals surface area contributed by atoms with Crippen LogP contribution in [0.1, 0.15) is 30.9 Å². The van der Waals surface area contributed by atoms with Crippen molar-refractivity contribution in [2.24, 2.45) is 0 Å². The first-order valence-electron chi connectivity index (χ1n) is 8.76. The highest BCUT2D eigenvalue weighted by atomic mass is 35.5. The van der Waals surface area contributed by atoms with E-state index < -0.39 is 0 Å². The van der Waals surface area contributed by atoms with Gasteiger partial charge in [0.15, 0.2) is 5.65 Å². The maximum atomic E-state index is 6.16. The lowest BCUT2D eigenvalue weighted by molar-refractivity contribution is 0.468. The normalized spacial score (nSPS) is 11.3. The number of rotatable bonds is 4. The number of fused-ring (bicyclic) bond motifs is 1. The molecule has 0 aliphatic rings. The van der Waals surface area contributed by atoms with E-state index in [-0.39, 0.29) is 0 Å². The number of halogens is 1. The summed E-state index contributed by atoms with van der Waals surface area (Å²) in [4.78, 5) is 8.69. The summed E-state index contributed by atoms with van der Waals surface area (Å²) in [6.45, 7) is 6.33. The van der Waals surface area contributed by atoms with Crippen LogP contribution in [0.25, 0.3) is 16.7 Å². The van der Waals surface area contributed by atoms with Gasteiger partial charge in [0.1, 0.15) is 17.5 Å². The van der Waals surface area contributed by atoms with Crippen LogP contribution in [-0.2, 0) is 0 Å². The molecule has 0 amide bonds. The fourth-order valence-corrected chi connectivity index (χ4v) is 3.09. The van der Waals surface area contributed by atoms with E-state index in [4.69, 9.17) is 16.3 Å². The maximum Gasteiger partial charge on any atom is 0.233 e. The number of nitrogens with zero attached hydrogens (tertiary/aromatic N) is 4. The Labute approximate surface area is 162 Å². The van der Waals surface area contributed by atoms with Crippen molar-refractivity contribution in [1.29, 1.82) is 0 Å². The molecule has 0 N–H and O–H groups in total. The van der Waals surface area contributed by atoms with Crippen molar-refractivity contribution in [1.82, 2.24) is 19.7 Å². The number of ether oxygens (including phenoxy) is 1. The molecule has 0 saturated carbocycles. The average Bonchev–Trinajstić information content (AvgIpc) is 3.09. The Balaban J connectivity index is 1.73. The van der Waals surface area contributed by atoms with Gasteiger partial charge in [-0.15, -0.1) is 0 Å². The molecule has 2 heterocycles. The van der Waals surface area contributed by atoms with E-state index in [9.17, 15) is 0 Å². The van der Waals surface area contributed by atoms with Crippen LogP contribution in [0, 0.1) is 6.92 Å². The van der Waals surface area contributed by atoms with Crippen LogP contribution in [0.15, 0.2) is 55.0 Å². The van der Waals surface area contributed by atoms with Gasteiger partial charge in [0.05, 0.1) is 11.9 Å². The molecule has 0 spiro atoms. The van der Waals surface area contributed by atoms with Crippen molar-refractivity contribution in [2.45, 2.75) is 26.7 Å². The summed E-state index contributed by atoms with van der Waals surface area (Å²) in [6, 6.07) is 13.7. The second-order valence-electron chi connectivity index (χ2n) is 6.73. The molecule has 2 aromatic carbocycles. The summed E-state index contributed by atoms with van der Waals surface area (Å²) in [7, 11) is 0. The van der Waals surface area contributed by atoms with Crippen LogP contribution in [0.2, 0.25) is 5.02 Å². The maximum absolute atomic E-state index is 6.16. The van der Waals surface area contributed by atoms with Gasteiger partial charge in [-0.2, -0.15) is 5.10 Å². The van der Waals surface area contributed by atoms with E-state index in [0.29, 0.717) is 22.5 Å². The van der Waals surface area contributed by atoms with Crippen LogP contribution in [-0.4, -0.2) is 19.7 Å². The van der Waals surface area contributed by atoms with Crippen LogP contribution in [0.5, 0.6) is 11.6 Å². The summed E-state index contributed by atoms with van der Waals surface area (Å²) >= 11 is 6.16. The highest BCUT2D eigenvalue weighted by Gasteiger charge is 2.14. The SMILES string of the molecule is Cc1ccc(Cl)cc1-n1ncc2c(Oc3ccc(C(C)C)cc3)ncnc21. The van der Waals surface area contributed by atoms with Crippen LogP contribution in [0.4, 0.5) is 0 Å². The van der Waals surface area contributed by atoms with Gasteiger partial charge >= 0.3 is 0 Å². The predicted molar refractivity (Wildman–Crippen MR) is 107 cm³/mol. The molecule has 0 atom stereocenters. The standard InChI is InChI=1S/C21H19ClN4O/c1-13(2)15-5-8-17(9-6-15)27-21-18-11-25-26(20(18)23-12-24-21)19-10-16(22)7-4-14(19)3/h4-13H,1-3H3. The van der Waals surface area contributed by atoms with Crippen molar-refractivity contribution in [3.63, 3.8) is 0 Å². The highest BCUT2D eigenvalue weighted by Crippen LogP contribution is 2.29. The molecular formula is C21H19ClN4O. The quantitative estimate of drug-likeness (QED) is 0.457. The molecule has 0 radical (unpaired) electrons. The van der Waals surface area contributed by atoms with E-state index in [1.165, 1.54) is 11.9 Å². The van der Waals surface area contributed by atoms with Crippen molar-refractivity contribution in [3.8, 4) is 17.3 Å². The summed E-state index contributed by atoms with van der Waals surface area (Å²) in [6.07, 6.45) is 3.20. The summed E-state index contributed by atoms with van der Waals surface area (Å²) in [5, 5.41) is 5.87.